The van der Waals surface area contributed by atoms with Gasteiger partial charge in [0.25, 0.3) is 0 Å². The van der Waals surface area contributed by atoms with Gasteiger partial charge in [-0.3, -0.25) is 4.90 Å². The van der Waals surface area contributed by atoms with E-state index in [1.54, 1.807) is 0 Å². The number of benzene rings is 1. The summed E-state index contributed by atoms with van der Waals surface area (Å²) in [6.45, 7) is 24.8. The van der Waals surface area contributed by atoms with Crippen LogP contribution in [-0.4, -0.2) is 57.7 Å². The molecule has 1 unspecified atom stereocenters. The van der Waals surface area contributed by atoms with Crippen molar-refractivity contribution in [2.75, 3.05) is 6.61 Å². The van der Waals surface area contributed by atoms with Gasteiger partial charge < -0.3 is 18.7 Å². The molecule has 0 spiro atoms. The largest absolute Gasteiger partial charge is 0.444 e. The van der Waals surface area contributed by atoms with Crippen molar-refractivity contribution in [1.82, 2.24) is 4.90 Å². The van der Waals surface area contributed by atoms with Crippen molar-refractivity contribution in [1.29, 1.82) is 0 Å². The molecule has 35 heavy (non-hydrogen) atoms. The first-order valence-corrected chi connectivity index (χ1v) is 18.7. The van der Waals surface area contributed by atoms with Crippen LogP contribution in [0.2, 0.25) is 36.3 Å². The van der Waals surface area contributed by atoms with Gasteiger partial charge in [0.1, 0.15) is 12.8 Å². The molecule has 1 aliphatic rings. The van der Waals surface area contributed by atoms with E-state index >= 15 is 0 Å². The highest BCUT2D eigenvalue weighted by Gasteiger charge is 2.49. The van der Waals surface area contributed by atoms with Crippen molar-refractivity contribution in [3.05, 3.63) is 35.9 Å². The van der Waals surface area contributed by atoms with Gasteiger partial charge in [-0.1, -0.05) is 78.8 Å². The van der Waals surface area contributed by atoms with Gasteiger partial charge in [0.05, 0.1) is 18.8 Å². The van der Waals surface area contributed by atoms with E-state index in [0.717, 1.165) is 5.56 Å². The Bertz CT molecular complexity index is 832. The Morgan fingerprint density at radius 1 is 1.00 bits per heavy atom. The highest BCUT2D eigenvalue weighted by molar-refractivity contribution is 6.74. The van der Waals surface area contributed by atoms with E-state index in [4.69, 9.17) is 13.6 Å². The van der Waals surface area contributed by atoms with Crippen LogP contribution in [0.4, 0.5) is 4.79 Å². The van der Waals surface area contributed by atoms with Crippen molar-refractivity contribution in [2.24, 2.45) is 5.92 Å². The van der Waals surface area contributed by atoms with E-state index in [-0.39, 0.29) is 34.7 Å². The molecule has 1 aromatic carbocycles. The average molecular weight is 524 g/mol. The molecule has 1 fully saturated rings. The number of aliphatic hydroxyl groups excluding tert-OH is 1. The summed E-state index contributed by atoms with van der Waals surface area (Å²) >= 11 is 0. The minimum Gasteiger partial charge on any atom is -0.444 e. The normalized spacial score (nSPS) is 24.4. The summed E-state index contributed by atoms with van der Waals surface area (Å²) in [7, 11) is -4.14. The summed E-state index contributed by atoms with van der Waals surface area (Å²) in [5.74, 6) is -0.0124. The maximum Gasteiger partial charge on any atom is 0.412 e. The fourth-order valence-corrected chi connectivity index (χ4v) is 6.20. The molecule has 0 radical (unpaired) electrons. The smallest absolute Gasteiger partial charge is 0.412 e. The van der Waals surface area contributed by atoms with Gasteiger partial charge in [0.15, 0.2) is 16.6 Å². The highest BCUT2D eigenvalue weighted by Crippen LogP contribution is 2.42. The predicted molar refractivity (Wildman–Crippen MR) is 147 cm³/mol. The molecule has 0 bridgehead atoms. The van der Waals surface area contributed by atoms with Crippen LogP contribution in [0, 0.1) is 5.92 Å². The van der Waals surface area contributed by atoms with E-state index in [1.807, 2.05) is 30.3 Å². The predicted octanol–water partition coefficient (Wildman–Crippen LogP) is 6.76. The molecule has 2 rings (SSSR count). The third kappa shape index (κ3) is 7.41. The number of carbonyl (C=O) groups is 1. The minimum absolute atomic E-state index is 0.0124. The van der Waals surface area contributed by atoms with Gasteiger partial charge in [0.2, 0.25) is 0 Å². The zero-order valence-electron chi connectivity index (χ0n) is 23.8. The quantitative estimate of drug-likeness (QED) is 0.400. The lowest BCUT2D eigenvalue weighted by molar-refractivity contribution is -0.116. The van der Waals surface area contributed by atoms with E-state index in [9.17, 15) is 9.90 Å². The van der Waals surface area contributed by atoms with E-state index in [0.29, 0.717) is 13.0 Å². The molecule has 6 nitrogen and oxygen atoms in total. The number of rotatable bonds is 7. The number of carbonyl (C=O) groups excluding carboxylic acids is 1. The monoisotopic (exact) mass is 523 g/mol. The number of likely N-dealkylation sites (tertiary alicyclic amines) is 1. The minimum atomic E-state index is -2.07. The maximum absolute atomic E-state index is 13.3. The molecule has 1 aromatic rings. The van der Waals surface area contributed by atoms with Crippen molar-refractivity contribution in [2.45, 2.75) is 116 Å². The van der Waals surface area contributed by atoms with Gasteiger partial charge in [-0.15, -0.1) is 0 Å². The zero-order valence-corrected chi connectivity index (χ0v) is 25.8. The molecule has 0 saturated carbocycles. The molecule has 1 heterocycles. The topological polar surface area (TPSA) is 68.2 Å². The summed E-state index contributed by atoms with van der Waals surface area (Å²) in [5.41, 5.74) is 0.911. The number of ether oxygens (including phenoxy) is 1. The standard InChI is InChI=1S/C27H49NO5Si2/c1-20-22(19-32-34(8,9)26(2,3)4)28(25(30)31-18-21-15-13-12-14-16-21)24(29)17-23(20)33-35(10,11)27(5,6)7/h12-16,20,22-24,29H,17-19H2,1-11H3/t20-,22-,23+,24?/m1/s1. The molecule has 0 aromatic heterocycles. The van der Waals surface area contributed by atoms with Crippen molar-refractivity contribution >= 4 is 22.7 Å². The van der Waals surface area contributed by atoms with Crippen LogP contribution in [0.15, 0.2) is 30.3 Å². The third-order valence-electron chi connectivity index (χ3n) is 8.40. The fourth-order valence-electron chi connectivity index (χ4n) is 3.76. The molecule has 1 N–H and O–H groups in total. The Hall–Kier alpha value is -1.20. The first kappa shape index (κ1) is 30.0. The second-order valence-corrected chi connectivity index (χ2v) is 22.6. The number of nitrogens with zero attached hydrogens (tertiary/aromatic N) is 1. The molecule has 1 aliphatic heterocycles. The van der Waals surface area contributed by atoms with Gasteiger partial charge in [-0.05, 0) is 41.8 Å². The Morgan fingerprint density at radius 3 is 2.06 bits per heavy atom. The lowest BCUT2D eigenvalue weighted by atomic mass is 9.88. The molecule has 200 valence electrons. The van der Waals surface area contributed by atoms with Crippen LogP contribution in [0.1, 0.15) is 60.5 Å². The molecule has 1 saturated heterocycles. The van der Waals surface area contributed by atoms with E-state index in [1.165, 1.54) is 4.90 Å². The van der Waals surface area contributed by atoms with Crippen LogP contribution in [-0.2, 0) is 20.2 Å². The molecule has 0 aliphatic carbocycles. The first-order chi connectivity index (χ1) is 15.9. The van der Waals surface area contributed by atoms with Crippen LogP contribution in [0.5, 0.6) is 0 Å². The SMILES string of the molecule is C[C@H]1[C@@H](O[Si](C)(C)C(C)(C)C)CC(O)N(C(=O)OCc2ccccc2)[C@@H]1CO[Si](C)(C)C(C)(C)C. The summed E-state index contributed by atoms with van der Waals surface area (Å²) in [6, 6.07) is 9.26. The van der Waals surface area contributed by atoms with Crippen LogP contribution in [0.25, 0.3) is 0 Å². The summed E-state index contributed by atoms with van der Waals surface area (Å²) in [5, 5.41) is 11.3. The van der Waals surface area contributed by atoms with Crippen LogP contribution >= 0.6 is 0 Å². The van der Waals surface area contributed by atoms with Gasteiger partial charge in [-0.25, -0.2) is 4.79 Å². The molecular weight excluding hydrogens is 474 g/mol. The van der Waals surface area contributed by atoms with Crippen molar-refractivity contribution < 1.29 is 23.5 Å². The molecule has 1 amide bonds. The molecule has 8 heteroatoms. The lowest BCUT2D eigenvalue weighted by Gasteiger charge is -2.50. The Labute approximate surface area is 215 Å². The van der Waals surface area contributed by atoms with Gasteiger partial charge in [-0.2, -0.15) is 0 Å². The van der Waals surface area contributed by atoms with Crippen LogP contribution in [0.3, 0.4) is 0 Å². The zero-order chi connectivity index (χ0) is 26.8. The number of amides is 1. The number of aliphatic hydroxyl groups is 1. The highest BCUT2D eigenvalue weighted by atomic mass is 28.4. The Kier molecular flexibility index (Phi) is 9.48. The first-order valence-electron chi connectivity index (χ1n) is 12.9. The van der Waals surface area contributed by atoms with E-state index in [2.05, 4.69) is 74.7 Å². The average Bonchev–Trinajstić information content (AvgIpc) is 2.72. The van der Waals surface area contributed by atoms with Gasteiger partial charge >= 0.3 is 6.09 Å². The van der Waals surface area contributed by atoms with Crippen molar-refractivity contribution in [3.63, 3.8) is 0 Å². The van der Waals surface area contributed by atoms with Gasteiger partial charge in [0, 0.05) is 12.3 Å². The fraction of sp³-hybridized carbons (Fsp3) is 0.741. The number of hydrogen-bond acceptors (Lipinski definition) is 5. The maximum atomic E-state index is 13.3. The Balaban J connectivity index is 2.28. The molecular formula is C27H49NO5Si2. The third-order valence-corrected chi connectivity index (χ3v) is 17.4. The number of piperidine rings is 1. The summed E-state index contributed by atoms with van der Waals surface area (Å²) < 4.78 is 19.0. The second kappa shape index (κ2) is 11.0. The molecule has 4 atom stereocenters. The lowest BCUT2D eigenvalue weighted by Crippen LogP contribution is -2.62. The van der Waals surface area contributed by atoms with E-state index < -0.39 is 29.0 Å². The van der Waals surface area contributed by atoms with Crippen LogP contribution < -0.4 is 0 Å². The second-order valence-electron chi connectivity index (χ2n) is 13.1. The Morgan fingerprint density at radius 2 is 1.54 bits per heavy atom. The van der Waals surface area contributed by atoms with Crippen molar-refractivity contribution in [3.8, 4) is 0 Å². The number of hydrogen-bond donors (Lipinski definition) is 1. The summed E-state index contributed by atoms with van der Waals surface area (Å²) in [6.07, 6.45) is -1.29. The summed E-state index contributed by atoms with van der Waals surface area (Å²) in [4.78, 5) is 14.8.